The van der Waals surface area contributed by atoms with Crippen LogP contribution in [0.4, 0.5) is 0 Å². The molecule has 0 N–H and O–H groups in total. The zero-order valence-electron chi connectivity index (χ0n) is 11.0. The van der Waals surface area contributed by atoms with Gasteiger partial charge in [-0.3, -0.25) is 9.69 Å². The molecule has 19 heavy (non-hydrogen) atoms. The van der Waals surface area contributed by atoms with Crippen molar-refractivity contribution in [3.05, 3.63) is 34.3 Å². The van der Waals surface area contributed by atoms with E-state index in [0.29, 0.717) is 12.2 Å². The van der Waals surface area contributed by atoms with Gasteiger partial charge in [0.1, 0.15) is 0 Å². The largest absolute Gasteiger partial charge is 0.372 e. The number of rotatable bonds is 3. The first-order valence-electron chi connectivity index (χ1n) is 6.83. The number of morpholine rings is 1. The van der Waals surface area contributed by atoms with Gasteiger partial charge in [-0.25, -0.2) is 0 Å². The van der Waals surface area contributed by atoms with Crippen molar-refractivity contribution in [2.24, 2.45) is 0 Å². The molecule has 0 radical (unpaired) electrons. The Morgan fingerprint density at radius 2 is 1.84 bits per heavy atom. The van der Waals surface area contributed by atoms with Gasteiger partial charge in [-0.15, -0.1) is 0 Å². The lowest BCUT2D eigenvalue weighted by Crippen LogP contribution is -2.49. The molecule has 2 aliphatic heterocycles. The van der Waals surface area contributed by atoms with Crippen molar-refractivity contribution in [2.75, 3.05) is 13.1 Å². The quantitative estimate of drug-likeness (QED) is 0.801. The Kier molecular flexibility index (Phi) is 3.74. The van der Waals surface area contributed by atoms with Crippen molar-refractivity contribution in [1.82, 2.24) is 4.90 Å². The van der Waals surface area contributed by atoms with Crippen LogP contribution in [0.5, 0.6) is 0 Å². The van der Waals surface area contributed by atoms with Gasteiger partial charge >= 0.3 is 0 Å². The van der Waals surface area contributed by atoms with Crippen LogP contribution < -0.4 is 0 Å². The Morgan fingerprint density at radius 3 is 2.42 bits per heavy atom. The van der Waals surface area contributed by atoms with E-state index >= 15 is 0 Å². The van der Waals surface area contributed by atoms with Crippen LogP contribution in [0.15, 0.2) is 28.7 Å². The normalized spacial score (nSPS) is 28.3. The van der Waals surface area contributed by atoms with Crippen LogP contribution >= 0.6 is 15.9 Å². The molecule has 2 fully saturated rings. The molecule has 0 aliphatic carbocycles. The van der Waals surface area contributed by atoms with Crippen molar-refractivity contribution >= 4 is 21.7 Å². The molecule has 102 valence electrons. The standard InChI is InChI=1S/C15H18BrNO2/c1-10(15(18)11-2-4-12(16)5-3-11)17-8-13-6-7-14(9-17)19-13/h2-5,10,13-14H,6-9H2,1H3. The number of ether oxygens (including phenoxy) is 1. The highest BCUT2D eigenvalue weighted by Crippen LogP contribution is 2.28. The number of hydrogen-bond acceptors (Lipinski definition) is 3. The smallest absolute Gasteiger partial charge is 0.179 e. The zero-order valence-corrected chi connectivity index (χ0v) is 12.6. The first-order valence-corrected chi connectivity index (χ1v) is 7.62. The number of carbonyl (C=O) groups is 1. The lowest BCUT2D eigenvalue weighted by molar-refractivity contribution is -0.0464. The van der Waals surface area contributed by atoms with E-state index in [1.165, 1.54) is 0 Å². The van der Waals surface area contributed by atoms with Gasteiger partial charge in [0, 0.05) is 23.1 Å². The van der Waals surface area contributed by atoms with Crippen LogP contribution in [0.25, 0.3) is 0 Å². The summed E-state index contributed by atoms with van der Waals surface area (Å²) in [4.78, 5) is 14.8. The summed E-state index contributed by atoms with van der Waals surface area (Å²) >= 11 is 3.39. The van der Waals surface area contributed by atoms with E-state index < -0.39 is 0 Å². The van der Waals surface area contributed by atoms with Gasteiger partial charge in [0.05, 0.1) is 18.2 Å². The van der Waals surface area contributed by atoms with Crippen LogP contribution in [0.3, 0.4) is 0 Å². The molecule has 1 aromatic rings. The van der Waals surface area contributed by atoms with E-state index in [9.17, 15) is 4.79 Å². The molecule has 0 amide bonds. The maximum Gasteiger partial charge on any atom is 0.179 e. The van der Waals surface area contributed by atoms with Crippen molar-refractivity contribution in [1.29, 1.82) is 0 Å². The Bertz CT molecular complexity index is 462. The van der Waals surface area contributed by atoms with E-state index in [-0.39, 0.29) is 11.8 Å². The van der Waals surface area contributed by atoms with Gasteiger partial charge in [-0.2, -0.15) is 0 Å². The molecule has 2 bridgehead atoms. The fraction of sp³-hybridized carbons (Fsp3) is 0.533. The minimum absolute atomic E-state index is 0.0619. The lowest BCUT2D eigenvalue weighted by Gasteiger charge is -2.35. The fourth-order valence-electron chi connectivity index (χ4n) is 2.98. The number of hydrogen-bond donors (Lipinski definition) is 0. The summed E-state index contributed by atoms with van der Waals surface area (Å²) in [6.45, 7) is 3.79. The van der Waals surface area contributed by atoms with E-state index in [2.05, 4.69) is 20.8 Å². The van der Waals surface area contributed by atoms with Crippen LogP contribution in [-0.4, -0.2) is 42.0 Å². The number of Topliss-reactive ketones (excluding diaryl/α,β-unsaturated/α-hetero) is 1. The number of halogens is 1. The third-order valence-corrected chi connectivity index (χ3v) is 4.66. The van der Waals surface area contributed by atoms with Gasteiger partial charge < -0.3 is 4.74 Å². The predicted molar refractivity (Wildman–Crippen MR) is 77.4 cm³/mol. The van der Waals surface area contributed by atoms with Crippen LogP contribution in [0.2, 0.25) is 0 Å². The summed E-state index contributed by atoms with van der Waals surface area (Å²) in [6, 6.07) is 7.55. The predicted octanol–water partition coefficient (Wildman–Crippen LogP) is 2.88. The number of carbonyl (C=O) groups excluding carboxylic acids is 1. The Morgan fingerprint density at radius 1 is 1.26 bits per heavy atom. The van der Waals surface area contributed by atoms with E-state index in [4.69, 9.17) is 4.74 Å². The fourth-order valence-corrected chi connectivity index (χ4v) is 3.25. The molecule has 2 aliphatic rings. The molecule has 1 aromatic carbocycles. The van der Waals surface area contributed by atoms with Crippen molar-refractivity contribution in [2.45, 2.75) is 38.0 Å². The van der Waals surface area contributed by atoms with Gasteiger partial charge in [0.2, 0.25) is 0 Å². The number of fused-ring (bicyclic) bond motifs is 2. The second-order valence-electron chi connectivity index (χ2n) is 5.46. The Labute approximate surface area is 122 Å². The highest BCUT2D eigenvalue weighted by atomic mass is 79.9. The Hall–Kier alpha value is -0.710. The summed E-state index contributed by atoms with van der Waals surface area (Å²) in [7, 11) is 0. The molecule has 3 nitrogen and oxygen atoms in total. The molecule has 2 saturated heterocycles. The molecular formula is C15H18BrNO2. The molecule has 3 atom stereocenters. The number of benzene rings is 1. The van der Waals surface area contributed by atoms with Gasteiger partial charge in [0.25, 0.3) is 0 Å². The third kappa shape index (κ3) is 2.76. The molecule has 0 spiro atoms. The van der Waals surface area contributed by atoms with Crippen molar-refractivity contribution in [3.8, 4) is 0 Å². The maximum absolute atomic E-state index is 12.5. The summed E-state index contributed by atoms with van der Waals surface area (Å²) in [5.41, 5.74) is 0.787. The topological polar surface area (TPSA) is 29.5 Å². The molecule has 3 unspecified atom stereocenters. The SMILES string of the molecule is CC(C(=O)c1ccc(Br)cc1)N1CC2CCC(C1)O2. The molecule has 2 heterocycles. The second kappa shape index (κ2) is 5.35. The van der Waals surface area contributed by atoms with Gasteiger partial charge in [0.15, 0.2) is 5.78 Å². The van der Waals surface area contributed by atoms with Crippen LogP contribution in [0.1, 0.15) is 30.1 Å². The highest BCUT2D eigenvalue weighted by molar-refractivity contribution is 9.10. The van der Waals surface area contributed by atoms with Crippen molar-refractivity contribution in [3.63, 3.8) is 0 Å². The van der Waals surface area contributed by atoms with E-state index in [1.807, 2.05) is 31.2 Å². The van der Waals surface area contributed by atoms with E-state index in [1.54, 1.807) is 0 Å². The monoisotopic (exact) mass is 323 g/mol. The Balaban J connectivity index is 1.71. The minimum atomic E-state index is -0.0619. The lowest BCUT2D eigenvalue weighted by atomic mass is 10.0. The van der Waals surface area contributed by atoms with Crippen molar-refractivity contribution < 1.29 is 9.53 Å². The average molecular weight is 324 g/mol. The maximum atomic E-state index is 12.5. The first-order chi connectivity index (χ1) is 9.13. The van der Waals surface area contributed by atoms with E-state index in [0.717, 1.165) is 36.0 Å². The number of ketones is 1. The average Bonchev–Trinajstić information content (AvgIpc) is 2.76. The van der Waals surface area contributed by atoms with Crippen LogP contribution in [-0.2, 0) is 4.74 Å². The summed E-state index contributed by atoms with van der Waals surface area (Å²) < 4.78 is 6.82. The summed E-state index contributed by atoms with van der Waals surface area (Å²) in [6.07, 6.45) is 2.94. The van der Waals surface area contributed by atoms with Gasteiger partial charge in [-0.05, 0) is 31.9 Å². The summed E-state index contributed by atoms with van der Waals surface area (Å²) in [5, 5.41) is 0. The number of likely N-dealkylation sites (tertiary alicyclic amines) is 1. The molecule has 4 heteroatoms. The second-order valence-corrected chi connectivity index (χ2v) is 6.37. The van der Waals surface area contributed by atoms with Gasteiger partial charge in [-0.1, -0.05) is 28.1 Å². The third-order valence-electron chi connectivity index (χ3n) is 4.13. The minimum Gasteiger partial charge on any atom is -0.372 e. The van der Waals surface area contributed by atoms with Crippen LogP contribution in [0, 0.1) is 0 Å². The molecule has 0 aromatic heterocycles. The number of nitrogens with zero attached hydrogens (tertiary/aromatic N) is 1. The first kappa shape index (κ1) is 13.3. The highest BCUT2D eigenvalue weighted by Gasteiger charge is 2.37. The summed E-state index contributed by atoms with van der Waals surface area (Å²) in [5.74, 6) is 0.203. The zero-order chi connectivity index (χ0) is 13.4. The molecule has 0 saturated carbocycles. The molecular weight excluding hydrogens is 306 g/mol. The molecule has 3 rings (SSSR count).